The van der Waals surface area contributed by atoms with Gasteiger partial charge in [-0.2, -0.15) is 5.10 Å². The zero-order chi connectivity index (χ0) is 11.1. The van der Waals surface area contributed by atoms with E-state index in [0.29, 0.717) is 6.61 Å². The molecule has 0 spiro atoms. The summed E-state index contributed by atoms with van der Waals surface area (Å²) in [4.78, 5) is 0. The number of aryl methyl sites for hydroxylation is 1. The quantitative estimate of drug-likeness (QED) is 0.644. The molecule has 1 atom stereocenters. The molecule has 0 radical (unpaired) electrons. The molecule has 0 aliphatic heterocycles. The first-order chi connectivity index (χ1) is 7.27. The van der Waals surface area contributed by atoms with Gasteiger partial charge < -0.3 is 15.2 Å². The van der Waals surface area contributed by atoms with Crippen molar-refractivity contribution in [1.82, 2.24) is 15.1 Å². The van der Waals surface area contributed by atoms with Gasteiger partial charge in [0.05, 0.1) is 19.3 Å². The highest BCUT2D eigenvalue weighted by Gasteiger charge is 2.05. The highest BCUT2D eigenvalue weighted by atomic mass is 16.5. The molecule has 2 N–H and O–H groups in total. The minimum atomic E-state index is 0.0169. The van der Waals surface area contributed by atoms with Crippen LogP contribution in [0.2, 0.25) is 0 Å². The average Bonchev–Trinajstić information content (AvgIpc) is 2.63. The number of nitrogens with one attached hydrogen (secondary N) is 1. The standard InChI is InChI=1S/C10H19N3O2/c1-13-10(4-6-12-13)3-5-11-9(7-14)8-15-2/h4,6,9,11,14H,3,5,7-8H2,1-2H3. The average molecular weight is 213 g/mol. The van der Waals surface area contributed by atoms with Crippen LogP contribution in [0, 0.1) is 0 Å². The Hall–Kier alpha value is -0.910. The van der Waals surface area contributed by atoms with Gasteiger partial charge in [0.1, 0.15) is 0 Å². The molecule has 0 aliphatic rings. The molecule has 0 saturated heterocycles. The maximum absolute atomic E-state index is 9.01. The fourth-order valence-electron chi connectivity index (χ4n) is 1.43. The number of nitrogens with zero attached hydrogens (tertiary/aromatic N) is 2. The van der Waals surface area contributed by atoms with Crippen molar-refractivity contribution < 1.29 is 9.84 Å². The molecule has 86 valence electrons. The van der Waals surface area contributed by atoms with Gasteiger partial charge in [0, 0.05) is 39.0 Å². The number of hydrogen-bond acceptors (Lipinski definition) is 4. The van der Waals surface area contributed by atoms with Gasteiger partial charge in [-0.25, -0.2) is 0 Å². The van der Waals surface area contributed by atoms with Gasteiger partial charge >= 0.3 is 0 Å². The van der Waals surface area contributed by atoms with Crippen molar-refractivity contribution in [2.24, 2.45) is 7.05 Å². The molecule has 5 nitrogen and oxygen atoms in total. The monoisotopic (exact) mass is 213 g/mol. The first-order valence-corrected chi connectivity index (χ1v) is 5.08. The molecule has 1 aromatic heterocycles. The van der Waals surface area contributed by atoms with Crippen molar-refractivity contribution in [2.75, 3.05) is 26.9 Å². The van der Waals surface area contributed by atoms with E-state index in [1.165, 1.54) is 5.69 Å². The van der Waals surface area contributed by atoms with E-state index in [2.05, 4.69) is 10.4 Å². The van der Waals surface area contributed by atoms with Crippen LogP contribution >= 0.6 is 0 Å². The lowest BCUT2D eigenvalue weighted by atomic mass is 10.2. The molecule has 1 heterocycles. The summed E-state index contributed by atoms with van der Waals surface area (Å²) in [5.41, 5.74) is 1.18. The largest absolute Gasteiger partial charge is 0.395 e. The summed E-state index contributed by atoms with van der Waals surface area (Å²) in [6, 6.07) is 2.01. The predicted octanol–water partition coefficient (Wildman–Crippen LogP) is -0.441. The third-order valence-electron chi connectivity index (χ3n) is 2.32. The van der Waals surface area contributed by atoms with Crippen LogP contribution in [0.4, 0.5) is 0 Å². The molecule has 1 aromatic rings. The van der Waals surface area contributed by atoms with Crippen LogP contribution in [-0.2, 0) is 18.2 Å². The molecule has 1 rings (SSSR count). The SMILES string of the molecule is COCC(CO)NCCc1ccnn1C. The van der Waals surface area contributed by atoms with E-state index in [0.717, 1.165) is 13.0 Å². The van der Waals surface area contributed by atoms with Crippen LogP contribution in [0.15, 0.2) is 12.3 Å². The number of hydrogen-bond donors (Lipinski definition) is 2. The maximum Gasteiger partial charge on any atom is 0.0638 e. The Kier molecular flexibility index (Phi) is 5.31. The lowest BCUT2D eigenvalue weighted by Gasteiger charge is -2.14. The van der Waals surface area contributed by atoms with E-state index >= 15 is 0 Å². The minimum Gasteiger partial charge on any atom is -0.395 e. The zero-order valence-electron chi connectivity index (χ0n) is 9.31. The molecule has 0 bridgehead atoms. The normalized spacial score (nSPS) is 13.0. The summed E-state index contributed by atoms with van der Waals surface area (Å²) in [5, 5.41) is 16.3. The second-order valence-electron chi connectivity index (χ2n) is 3.49. The van der Waals surface area contributed by atoms with Gasteiger partial charge in [-0.15, -0.1) is 0 Å². The molecule has 0 fully saturated rings. The molecule has 5 heteroatoms. The van der Waals surface area contributed by atoms with Crippen molar-refractivity contribution >= 4 is 0 Å². The zero-order valence-corrected chi connectivity index (χ0v) is 9.31. The number of rotatable bonds is 7. The van der Waals surface area contributed by atoms with Gasteiger partial charge in [-0.3, -0.25) is 4.68 Å². The molecule has 0 amide bonds. The summed E-state index contributed by atoms with van der Waals surface area (Å²) in [5.74, 6) is 0. The Morgan fingerprint density at radius 2 is 2.47 bits per heavy atom. The molecule has 15 heavy (non-hydrogen) atoms. The summed E-state index contributed by atoms with van der Waals surface area (Å²) < 4.78 is 6.82. The third-order valence-corrected chi connectivity index (χ3v) is 2.32. The highest BCUT2D eigenvalue weighted by Crippen LogP contribution is 1.96. The fraction of sp³-hybridized carbons (Fsp3) is 0.700. The number of aliphatic hydroxyl groups is 1. The topological polar surface area (TPSA) is 59.3 Å². The lowest BCUT2D eigenvalue weighted by molar-refractivity contribution is 0.129. The van der Waals surface area contributed by atoms with Crippen LogP contribution < -0.4 is 5.32 Å². The number of aliphatic hydroxyl groups excluding tert-OH is 1. The first-order valence-electron chi connectivity index (χ1n) is 5.08. The van der Waals surface area contributed by atoms with E-state index in [1.807, 2.05) is 17.8 Å². The second kappa shape index (κ2) is 6.55. The number of ether oxygens (including phenoxy) is 1. The molecule has 1 unspecified atom stereocenters. The molecule has 0 aliphatic carbocycles. The third kappa shape index (κ3) is 3.99. The van der Waals surface area contributed by atoms with Crippen LogP contribution in [0.3, 0.4) is 0 Å². The van der Waals surface area contributed by atoms with E-state index < -0.39 is 0 Å². The Morgan fingerprint density at radius 3 is 3.00 bits per heavy atom. The molecular formula is C10H19N3O2. The summed E-state index contributed by atoms with van der Waals surface area (Å²) in [6.07, 6.45) is 2.69. The van der Waals surface area contributed by atoms with Crippen LogP contribution in [0.5, 0.6) is 0 Å². The van der Waals surface area contributed by atoms with Gasteiger partial charge in [-0.05, 0) is 6.07 Å². The fourth-order valence-corrected chi connectivity index (χ4v) is 1.43. The van der Waals surface area contributed by atoms with E-state index in [-0.39, 0.29) is 12.6 Å². The van der Waals surface area contributed by atoms with E-state index in [9.17, 15) is 0 Å². The Morgan fingerprint density at radius 1 is 1.67 bits per heavy atom. The van der Waals surface area contributed by atoms with Gasteiger partial charge in [0.15, 0.2) is 0 Å². The Bertz CT molecular complexity index is 275. The number of methoxy groups -OCH3 is 1. The molecule has 0 aromatic carbocycles. The maximum atomic E-state index is 9.01. The first kappa shape index (κ1) is 12.2. The van der Waals surface area contributed by atoms with Crippen molar-refractivity contribution in [1.29, 1.82) is 0 Å². The minimum absolute atomic E-state index is 0.0169. The Balaban J connectivity index is 2.23. The summed E-state index contributed by atoms with van der Waals surface area (Å²) in [7, 11) is 3.56. The lowest BCUT2D eigenvalue weighted by Crippen LogP contribution is -2.37. The van der Waals surface area contributed by atoms with Crippen LogP contribution in [0.25, 0.3) is 0 Å². The summed E-state index contributed by atoms with van der Waals surface area (Å²) in [6.45, 7) is 1.44. The van der Waals surface area contributed by atoms with Gasteiger partial charge in [-0.1, -0.05) is 0 Å². The second-order valence-corrected chi connectivity index (χ2v) is 3.49. The van der Waals surface area contributed by atoms with Crippen LogP contribution in [-0.4, -0.2) is 47.8 Å². The highest BCUT2D eigenvalue weighted by molar-refractivity contribution is 5.00. The van der Waals surface area contributed by atoms with E-state index in [1.54, 1.807) is 13.3 Å². The van der Waals surface area contributed by atoms with E-state index in [4.69, 9.17) is 9.84 Å². The predicted molar refractivity (Wildman–Crippen MR) is 57.7 cm³/mol. The molecular weight excluding hydrogens is 194 g/mol. The molecule has 0 saturated carbocycles. The number of aromatic nitrogens is 2. The smallest absolute Gasteiger partial charge is 0.0638 e. The van der Waals surface area contributed by atoms with Crippen molar-refractivity contribution in [3.05, 3.63) is 18.0 Å². The van der Waals surface area contributed by atoms with Crippen molar-refractivity contribution in [2.45, 2.75) is 12.5 Å². The van der Waals surface area contributed by atoms with Crippen molar-refractivity contribution in [3.63, 3.8) is 0 Å². The van der Waals surface area contributed by atoms with Gasteiger partial charge in [0.2, 0.25) is 0 Å². The summed E-state index contributed by atoms with van der Waals surface area (Å²) >= 11 is 0. The van der Waals surface area contributed by atoms with Gasteiger partial charge in [0.25, 0.3) is 0 Å². The van der Waals surface area contributed by atoms with Crippen LogP contribution in [0.1, 0.15) is 5.69 Å². The Labute approximate surface area is 90.1 Å². The van der Waals surface area contributed by atoms with Crippen molar-refractivity contribution in [3.8, 4) is 0 Å².